The molecule has 0 spiro atoms. The lowest BCUT2D eigenvalue weighted by molar-refractivity contribution is 0.0932. The Morgan fingerprint density at radius 1 is 1.47 bits per heavy atom. The Balaban J connectivity index is 2.02. The number of benzene rings is 1. The first kappa shape index (κ1) is 12.6. The van der Waals surface area contributed by atoms with Crippen LogP contribution in [0.1, 0.15) is 23.2 Å². The molecule has 1 aromatic rings. The van der Waals surface area contributed by atoms with E-state index < -0.39 is 0 Å². The van der Waals surface area contributed by atoms with E-state index in [1.807, 2.05) is 0 Å². The monoisotopic (exact) mass is 347 g/mol. The summed E-state index contributed by atoms with van der Waals surface area (Å²) < 4.78 is 0.897. The average Bonchev–Trinajstić information content (AvgIpc) is 3.10. The molecule has 17 heavy (non-hydrogen) atoms. The van der Waals surface area contributed by atoms with E-state index in [4.69, 9.17) is 5.11 Å². The van der Waals surface area contributed by atoms with Crippen LogP contribution in [-0.4, -0.2) is 29.3 Å². The van der Waals surface area contributed by atoms with Crippen molar-refractivity contribution >= 4 is 28.5 Å². The minimum absolute atomic E-state index is 0.0169. The van der Waals surface area contributed by atoms with Gasteiger partial charge in [-0.2, -0.15) is 0 Å². The zero-order chi connectivity index (χ0) is 12.5. The van der Waals surface area contributed by atoms with Gasteiger partial charge in [0.05, 0.1) is 12.2 Å². The lowest BCUT2D eigenvalue weighted by Crippen LogP contribution is -2.31. The molecule has 0 aromatic heterocycles. The van der Waals surface area contributed by atoms with Crippen molar-refractivity contribution in [2.75, 3.05) is 13.2 Å². The maximum absolute atomic E-state index is 11.9. The van der Waals surface area contributed by atoms with Gasteiger partial charge >= 0.3 is 0 Å². The molecule has 0 radical (unpaired) electrons. The number of phenolic OH excluding ortho intramolecular Hbond substituents is 1. The second-order valence-electron chi connectivity index (χ2n) is 4.50. The van der Waals surface area contributed by atoms with Crippen molar-refractivity contribution in [2.45, 2.75) is 12.8 Å². The largest absolute Gasteiger partial charge is 0.507 e. The Hall–Kier alpha value is -0.820. The number of carbonyl (C=O) groups excluding carboxylic acids is 1. The fraction of sp³-hybridized carbons (Fsp3) is 0.417. The highest BCUT2D eigenvalue weighted by atomic mass is 127. The van der Waals surface area contributed by atoms with Crippen LogP contribution < -0.4 is 5.32 Å². The first-order valence-corrected chi connectivity index (χ1v) is 6.52. The first-order valence-electron chi connectivity index (χ1n) is 5.44. The van der Waals surface area contributed by atoms with E-state index in [9.17, 15) is 9.90 Å². The molecule has 1 aromatic carbocycles. The van der Waals surface area contributed by atoms with E-state index in [1.165, 1.54) is 6.07 Å². The summed E-state index contributed by atoms with van der Waals surface area (Å²) in [6, 6.07) is 4.89. The summed E-state index contributed by atoms with van der Waals surface area (Å²) >= 11 is 2.09. The third-order valence-electron chi connectivity index (χ3n) is 3.12. The summed E-state index contributed by atoms with van der Waals surface area (Å²) in [6.45, 7) is 0.568. The minimum Gasteiger partial charge on any atom is -0.507 e. The number of amides is 1. The number of carbonyl (C=O) groups is 1. The zero-order valence-corrected chi connectivity index (χ0v) is 11.4. The molecule has 0 atom stereocenters. The van der Waals surface area contributed by atoms with Crippen molar-refractivity contribution < 1.29 is 15.0 Å². The Kier molecular flexibility index (Phi) is 3.58. The van der Waals surface area contributed by atoms with Crippen LogP contribution in [0, 0.1) is 8.99 Å². The van der Waals surface area contributed by atoms with Crippen molar-refractivity contribution in [3.8, 4) is 5.75 Å². The smallest absolute Gasteiger partial charge is 0.255 e. The molecule has 0 aliphatic heterocycles. The van der Waals surface area contributed by atoms with E-state index in [-0.39, 0.29) is 29.2 Å². The number of hydrogen-bond donors (Lipinski definition) is 3. The van der Waals surface area contributed by atoms with E-state index in [0.717, 1.165) is 16.4 Å². The predicted octanol–water partition coefficient (Wildman–Crippen LogP) is 1.50. The van der Waals surface area contributed by atoms with E-state index in [0.29, 0.717) is 6.54 Å². The SMILES string of the molecule is O=C(NCC1(CO)CC1)c1cc(I)ccc1O. The third-order valence-corrected chi connectivity index (χ3v) is 3.79. The van der Waals surface area contributed by atoms with E-state index in [2.05, 4.69) is 27.9 Å². The quantitative estimate of drug-likeness (QED) is 0.723. The molecule has 1 amide bonds. The molecule has 92 valence electrons. The lowest BCUT2D eigenvalue weighted by Gasteiger charge is -2.13. The molecular weight excluding hydrogens is 333 g/mol. The van der Waals surface area contributed by atoms with Gasteiger partial charge in [-0.05, 0) is 53.6 Å². The molecule has 4 nitrogen and oxygen atoms in total. The van der Waals surface area contributed by atoms with Crippen LogP contribution in [-0.2, 0) is 0 Å². The van der Waals surface area contributed by atoms with Gasteiger partial charge in [-0.3, -0.25) is 4.79 Å². The average molecular weight is 347 g/mol. The first-order chi connectivity index (χ1) is 8.06. The normalized spacial score (nSPS) is 16.6. The van der Waals surface area contributed by atoms with Gasteiger partial charge in [-0.1, -0.05) is 0 Å². The number of phenols is 1. The zero-order valence-electron chi connectivity index (χ0n) is 9.24. The molecule has 1 aliphatic rings. The fourth-order valence-corrected chi connectivity index (χ4v) is 2.11. The van der Waals surface area contributed by atoms with Crippen LogP contribution in [0.2, 0.25) is 0 Å². The van der Waals surface area contributed by atoms with Crippen LogP contribution in [0.25, 0.3) is 0 Å². The molecule has 1 aliphatic carbocycles. The number of aliphatic hydroxyl groups is 1. The van der Waals surface area contributed by atoms with Crippen molar-refractivity contribution in [3.05, 3.63) is 27.3 Å². The van der Waals surface area contributed by atoms with Crippen molar-refractivity contribution in [2.24, 2.45) is 5.41 Å². The molecule has 2 rings (SSSR count). The summed E-state index contributed by atoms with van der Waals surface area (Å²) in [4.78, 5) is 11.9. The highest BCUT2D eigenvalue weighted by molar-refractivity contribution is 14.1. The summed E-state index contributed by atoms with van der Waals surface area (Å²) in [6.07, 6.45) is 1.89. The highest BCUT2D eigenvalue weighted by Gasteiger charge is 2.42. The van der Waals surface area contributed by atoms with Gasteiger partial charge in [0, 0.05) is 15.5 Å². The minimum atomic E-state index is -0.291. The molecule has 1 fully saturated rings. The number of aromatic hydroxyl groups is 1. The van der Waals surface area contributed by atoms with Gasteiger partial charge in [0.25, 0.3) is 5.91 Å². The number of aliphatic hydroxyl groups excluding tert-OH is 1. The topological polar surface area (TPSA) is 69.6 Å². The van der Waals surface area contributed by atoms with E-state index in [1.54, 1.807) is 12.1 Å². The molecule has 0 saturated heterocycles. The van der Waals surface area contributed by atoms with Crippen molar-refractivity contribution in [3.63, 3.8) is 0 Å². The maximum atomic E-state index is 11.9. The van der Waals surface area contributed by atoms with Crippen LogP contribution >= 0.6 is 22.6 Å². The number of halogens is 1. The van der Waals surface area contributed by atoms with E-state index >= 15 is 0 Å². The van der Waals surface area contributed by atoms with Gasteiger partial charge in [0.15, 0.2) is 0 Å². The second-order valence-corrected chi connectivity index (χ2v) is 5.75. The van der Waals surface area contributed by atoms with Gasteiger partial charge < -0.3 is 15.5 Å². The molecule has 3 N–H and O–H groups in total. The standard InChI is InChI=1S/C12H14INO3/c13-8-1-2-10(16)9(5-8)11(17)14-6-12(7-15)3-4-12/h1-2,5,15-16H,3-4,6-7H2,(H,14,17). The van der Waals surface area contributed by atoms with Crippen molar-refractivity contribution in [1.29, 1.82) is 0 Å². The fourth-order valence-electron chi connectivity index (χ4n) is 1.62. The maximum Gasteiger partial charge on any atom is 0.255 e. The lowest BCUT2D eigenvalue weighted by atomic mass is 10.1. The summed E-state index contributed by atoms with van der Waals surface area (Å²) in [5, 5.41) is 21.5. The molecular formula is C12H14INO3. The number of hydrogen-bond acceptors (Lipinski definition) is 3. The Morgan fingerprint density at radius 2 is 2.18 bits per heavy atom. The number of rotatable bonds is 4. The third kappa shape index (κ3) is 2.90. The molecule has 0 heterocycles. The highest BCUT2D eigenvalue weighted by Crippen LogP contribution is 2.44. The molecule has 0 unspecified atom stereocenters. The van der Waals surface area contributed by atoms with Crippen LogP contribution in [0.3, 0.4) is 0 Å². The summed E-state index contributed by atoms with van der Waals surface area (Å²) in [5.41, 5.74) is 0.165. The van der Waals surface area contributed by atoms with Crippen LogP contribution in [0.5, 0.6) is 5.75 Å². The van der Waals surface area contributed by atoms with Gasteiger partial charge in [0.1, 0.15) is 5.75 Å². The Bertz CT molecular complexity index is 443. The second kappa shape index (κ2) is 4.81. The number of nitrogens with one attached hydrogen (secondary N) is 1. The Labute approximate surface area is 113 Å². The van der Waals surface area contributed by atoms with Crippen LogP contribution in [0.15, 0.2) is 18.2 Å². The van der Waals surface area contributed by atoms with Crippen LogP contribution in [0.4, 0.5) is 0 Å². The van der Waals surface area contributed by atoms with Gasteiger partial charge in [0.2, 0.25) is 0 Å². The summed E-state index contributed by atoms with van der Waals surface area (Å²) in [5.74, 6) is -0.308. The van der Waals surface area contributed by atoms with Crippen molar-refractivity contribution in [1.82, 2.24) is 5.32 Å². The predicted molar refractivity (Wildman–Crippen MR) is 71.9 cm³/mol. The summed E-state index contributed by atoms with van der Waals surface area (Å²) in [7, 11) is 0. The molecule has 1 saturated carbocycles. The van der Waals surface area contributed by atoms with Gasteiger partial charge in [-0.25, -0.2) is 0 Å². The van der Waals surface area contributed by atoms with Gasteiger partial charge in [-0.15, -0.1) is 0 Å². The Morgan fingerprint density at radius 3 is 2.76 bits per heavy atom. The molecule has 0 bridgehead atoms. The molecule has 5 heteroatoms.